The maximum absolute atomic E-state index is 12.4. The van der Waals surface area contributed by atoms with E-state index in [9.17, 15) is 9.59 Å². The van der Waals surface area contributed by atoms with Gasteiger partial charge in [-0.1, -0.05) is 29.8 Å². The zero-order valence-electron chi connectivity index (χ0n) is 17.3. The van der Waals surface area contributed by atoms with Gasteiger partial charge >= 0.3 is 0 Å². The zero-order valence-corrected chi connectivity index (χ0v) is 17.3. The molecule has 3 N–H and O–H groups in total. The third kappa shape index (κ3) is 6.39. The van der Waals surface area contributed by atoms with Crippen LogP contribution < -0.4 is 20.3 Å². The van der Waals surface area contributed by atoms with Crippen molar-refractivity contribution in [2.75, 3.05) is 32.6 Å². The van der Waals surface area contributed by atoms with Crippen molar-refractivity contribution < 1.29 is 19.2 Å². The summed E-state index contributed by atoms with van der Waals surface area (Å²) in [4.78, 5) is 25.4. The van der Waals surface area contributed by atoms with Crippen LogP contribution in [0.5, 0.6) is 5.75 Å². The zero-order chi connectivity index (χ0) is 20.7. The minimum absolute atomic E-state index is 0.101. The van der Waals surface area contributed by atoms with Gasteiger partial charge in [0.05, 0.1) is 14.2 Å². The predicted octanol–water partition coefficient (Wildman–Crippen LogP) is 1.39. The molecule has 1 atom stereocenters. The van der Waals surface area contributed by atoms with Gasteiger partial charge in [-0.15, -0.1) is 0 Å². The van der Waals surface area contributed by atoms with E-state index in [2.05, 4.69) is 10.6 Å². The van der Waals surface area contributed by atoms with E-state index in [0.717, 1.165) is 33.0 Å². The minimum Gasteiger partial charge on any atom is -0.497 e. The SMILES string of the molecule is COc1cccc(CNC(=O)C[NH+](C)CC(=O)Nc2c(C)cc(C)cc2C)c1. The van der Waals surface area contributed by atoms with E-state index >= 15 is 0 Å². The Morgan fingerprint density at radius 3 is 2.29 bits per heavy atom. The molecule has 0 fully saturated rings. The van der Waals surface area contributed by atoms with Crippen LogP contribution in [0.2, 0.25) is 0 Å². The summed E-state index contributed by atoms with van der Waals surface area (Å²) in [6.07, 6.45) is 0. The number of carbonyl (C=O) groups is 2. The lowest BCUT2D eigenvalue weighted by Gasteiger charge is -2.16. The van der Waals surface area contributed by atoms with E-state index in [1.54, 1.807) is 7.11 Å². The lowest BCUT2D eigenvalue weighted by atomic mass is 10.1. The van der Waals surface area contributed by atoms with Gasteiger partial charge in [0.15, 0.2) is 13.1 Å². The molecule has 0 saturated carbocycles. The van der Waals surface area contributed by atoms with E-state index in [0.29, 0.717) is 6.54 Å². The van der Waals surface area contributed by atoms with Crippen molar-refractivity contribution in [3.63, 3.8) is 0 Å². The first-order chi connectivity index (χ1) is 13.3. The molecule has 2 aromatic carbocycles. The lowest BCUT2D eigenvalue weighted by molar-refractivity contribution is -0.862. The number of methoxy groups -OCH3 is 1. The van der Waals surface area contributed by atoms with Crippen LogP contribution >= 0.6 is 0 Å². The third-order valence-corrected chi connectivity index (χ3v) is 4.49. The second kappa shape index (κ2) is 9.90. The van der Waals surface area contributed by atoms with Gasteiger partial charge in [-0.25, -0.2) is 0 Å². The summed E-state index contributed by atoms with van der Waals surface area (Å²) < 4.78 is 5.18. The van der Waals surface area contributed by atoms with Gasteiger partial charge in [0.1, 0.15) is 5.75 Å². The van der Waals surface area contributed by atoms with Crippen LogP contribution in [-0.2, 0) is 16.1 Å². The molecule has 6 heteroatoms. The van der Waals surface area contributed by atoms with Crippen molar-refractivity contribution >= 4 is 17.5 Å². The molecular formula is C22H30N3O3+. The molecule has 0 aliphatic heterocycles. The minimum atomic E-state index is -0.104. The number of rotatable bonds is 8. The van der Waals surface area contributed by atoms with Crippen molar-refractivity contribution in [1.29, 1.82) is 0 Å². The van der Waals surface area contributed by atoms with E-state index < -0.39 is 0 Å². The predicted molar refractivity (Wildman–Crippen MR) is 111 cm³/mol. The Kier molecular flexibility index (Phi) is 7.58. The molecule has 28 heavy (non-hydrogen) atoms. The number of ether oxygens (including phenoxy) is 1. The number of hydrogen-bond donors (Lipinski definition) is 3. The fraction of sp³-hybridized carbons (Fsp3) is 0.364. The van der Waals surface area contributed by atoms with Crippen LogP contribution in [0.4, 0.5) is 5.69 Å². The number of likely N-dealkylation sites (N-methyl/N-ethyl adjacent to an activating group) is 1. The van der Waals surface area contributed by atoms with Crippen LogP contribution in [0.1, 0.15) is 22.3 Å². The Morgan fingerprint density at radius 1 is 1.00 bits per heavy atom. The highest BCUT2D eigenvalue weighted by Crippen LogP contribution is 2.21. The largest absolute Gasteiger partial charge is 0.497 e. The van der Waals surface area contributed by atoms with E-state index in [1.807, 2.05) is 64.2 Å². The highest BCUT2D eigenvalue weighted by atomic mass is 16.5. The van der Waals surface area contributed by atoms with Gasteiger partial charge in [0, 0.05) is 12.2 Å². The molecule has 1 unspecified atom stereocenters. The molecule has 0 saturated heterocycles. The number of benzene rings is 2. The number of nitrogens with one attached hydrogen (secondary N) is 3. The number of hydrogen-bond acceptors (Lipinski definition) is 3. The quantitative estimate of drug-likeness (QED) is 0.644. The summed E-state index contributed by atoms with van der Waals surface area (Å²) in [7, 11) is 3.44. The molecule has 2 rings (SSSR count). The molecule has 0 spiro atoms. The van der Waals surface area contributed by atoms with Crippen LogP contribution in [0.25, 0.3) is 0 Å². The molecule has 0 aromatic heterocycles. The second-order valence-corrected chi connectivity index (χ2v) is 7.26. The van der Waals surface area contributed by atoms with Gasteiger partial charge in [-0.3, -0.25) is 9.59 Å². The standard InChI is InChI=1S/C22H29N3O3/c1-15-9-16(2)22(17(3)10-15)24-21(27)14-25(4)13-20(26)23-12-18-7-6-8-19(11-18)28-5/h6-11H,12-14H2,1-5H3,(H,23,26)(H,24,27)/p+1. The van der Waals surface area contributed by atoms with Crippen LogP contribution in [-0.4, -0.2) is 39.1 Å². The van der Waals surface area contributed by atoms with Crippen molar-refractivity contribution in [3.8, 4) is 5.75 Å². The molecular weight excluding hydrogens is 354 g/mol. The van der Waals surface area contributed by atoms with Crippen molar-refractivity contribution in [3.05, 3.63) is 58.7 Å². The third-order valence-electron chi connectivity index (χ3n) is 4.49. The van der Waals surface area contributed by atoms with E-state index in [4.69, 9.17) is 4.74 Å². The van der Waals surface area contributed by atoms with Crippen LogP contribution in [0.3, 0.4) is 0 Å². The Labute approximate surface area is 166 Å². The number of aryl methyl sites for hydroxylation is 3. The van der Waals surface area contributed by atoms with E-state index in [1.165, 1.54) is 5.56 Å². The molecule has 150 valence electrons. The molecule has 2 amide bonds. The Balaban J connectivity index is 1.81. The first kappa shape index (κ1) is 21.4. The van der Waals surface area contributed by atoms with Crippen LogP contribution in [0, 0.1) is 20.8 Å². The molecule has 0 radical (unpaired) electrons. The Bertz CT molecular complexity index is 826. The molecule has 0 heterocycles. The van der Waals surface area contributed by atoms with Crippen molar-refractivity contribution in [2.24, 2.45) is 0 Å². The topological polar surface area (TPSA) is 71.9 Å². The average Bonchev–Trinajstić information content (AvgIpc) is 2.63. The van der Waals surface area contributed by atoms with Crippen molar-refractivity contribution in [2.45, 2.75) is 27.3 Å². The van der Waals surface area contributed by atoms with E-state index in [-0.39, 0.29) is 24.9 Å². The van der Waals surface area contributed by atoms with Crippen LogP contribution in [0.15, 0.2) is 36.4 Å². The number of quaternary nitrogens is 1. The summed E-state index contributed by atoms with van der Waals surface area (Å²) in [5.74, 6) is 0.553. The average molecular weight is 385 g/mol. The van der Waals surface area contributed by atoms with Crippen molar-refractivity contribution in [1.82, 2.24) is 5.32 Å². The molecule has 0 aliphatic rings. The Morgan fingerprint density at radius 2 is 1.64 bits per heavy atom. The highest BCUT2D eigenvalue weighted by Gasteiger charge is 2.16. The van der Waals surface area contributed by atoms with Gasteiger partial charge in [-0.2, -0.15) is 0 Å². The number of carbonyl (C=O) groups excluding carboxylic acids is 2. The molecule has 2 aromatic rings. The lowest BCUT2D eigenvalue weighted by Crippen LogP contribution is -3.11. The fourth-order valence-corrected chi connectivity index (χ4v) is 3.22. The molecule has 0 bridgehead atoms. The summed E-state index contributed by atoms with van der Waals surface area (Å²) in [6.45, 7) is 6.88. The molecule has 6 nitrogen and oxygen atoms in total. The fourth-order valence-electron chi connectivity index (χ4n) is 3.22. The first-order valence-corrected chi connectivity index (χ1v) is 9.37. The van der Waals surface area contributed by atoms with Gasteiger partial charge in [-0.05, 0) is 49.6 Å². The maximum atomic E-state index is 12.4. The monoisotopic (exact) mass is 384 g/mol. The normalized spacial score (nSPS) is 11.6. The summed E-state index contributed by atoms with van der Waals surface area (Å²) in [6, 6.07) is 11.7. The highest BCUT2D eigenvalue weighted by molar-refractivity contribution is 5.93. The number of anilines is 1. The second-order valence-electron chi connectivity index (χ2n) is 7.26. The molecule has 0 aliphatic carbocycles. The first-order valence-electron chi connectivity index (χ1n) is 9.37. The van der Waals surface area contributed by atoms with Gasteiger partial charge in [0.25, 0.3) is 11.8 Å². The van der Waals surface area contributed by atoms with Gasteiger partial charge in [0.2, 0.25) is 0 Å². The smallest absolute Gasteiger partial charge is 0.279 e. The summed E-state index contributed by atoms with van der Waals surface area (Å²) in [5.41, 5.74) is 5.07. The Hall–Kier alpha value is -2.86. The maximum Gasteiger partial charge on any atom is 0.279 e. The van der Waals surface area contributed by atoms with Gasteiger partial charge < -0.3 is 20.3 Å². The summed E-state index contributed by atoms with van der Waals surface area (Å²) in [5, 5.41) is 5.86. The summed E-state index contributed by atoms with van der Waals surface area (Å²) >= 11 is 0. The number of amides is 2.